The molecule has 1 aromatic heterocycles. The highest BCUT2D eigenvalue weighted by Gasteiger charge is 2.36. The summed E-state index contributed by atoms with van der Waals surface area (Å²) in [6.07, 6.45) is 4.66. The van der Waals surface area contributed by atoms with E-state index in [9.17, 15) is 24.4 Å². The van der Waals surface area contributed by atoms with Crippen LogP contribution in [0.3, 0.4) is 0 Å². The molecule has 8 rings (SSSR count). The minimum Gasteiger partial charge on any atom is -0.487 e. The molecular formula is C48H54ClN9O5. The number of rotatable bonds is 13. The number of nitrogens with zero attached hydrogens (tertiary/aromatic N) is 8. The summed E-state index contributed by atoms with van der Waals surface area (Å²) in [5.74, 6) is 0.463. The lowest BCUT2D eigenvalue weighted by molar-refractivity contribution is -0.139. The topological polar surface area (TPSA) is 155 Å². The molecule has 63 heavy (non-hydrogen) atoms. The van der Waals surface area contributed by atoms with Gasteiger partial charge in [-0.2, -0.15) is 5.26 Å². The average molecular weight is 872 g/mol. The van der Waals surface area contributed by atoms with Crippen molar-refractivity contribution in [2.24, 2.45) is 5.92 Å². The second-order valence-electron chi connectivity index (χ2n) is 17.7. The predicted molar refractivity (Wildman–Crippen MR) is 240 cm³/mol. The van der Waals surface area contributed by atoms with Gasteiger partial charge in [0.1, 0.15) is 18.4 Å². The third kappa shape index (κ3) is 9.86. The van der Waals surface area contributed by atoms with Gasteiger partial charge in [-0.25, -0.2) is 9.97 Å². The first-order valence-corrected chi connectivity index (χ1v) is 22.2. The molecule has 4 aromatic rings. The largest absolute Gasteiger partial charge is 0.487 e. The Labute approximate surface area is 373 Å². The molecule has 0 aliphatic carbocycles. The zero-order valence-electron chi connectivity index (χ0n) is 36.1. The number of aryl methyl sites for hydroxylation is 1. The van der Waals surface area contributed by atoms with E-state index in [-0.39, 0.29) is 18.3 Å². The number of imide groups is 2. The van der Waals surface area contributed by atoms with E-state index in [1.54, 1.807) is 12.1 Å². The van der Waals surface area contributed by atoms with Crippen LogP contribution >= 0.6 is 11.6 Å². The number of hydrogen-bond donors (Lipinski definition) is 1. The van der Waals surface area contributed by atoms with E-state index in [1.807, 2.05) is 55.6 Å². The van der Waals surface area contributed by atoms with Crippen LogP contribution in [0.25, 0.3) is 0 Å². The molecule has 15 heteroatoms. The van der Waals surface area contributed by atoms with Crippen molar-refractivity contribution in [2.45, 2.75) is 70.6 Å². The number of amides is 4. The van der Waals surface area contributed by atoms with E-state index in [4.69, 9.17) is 21.3 Å². The van der Waals surface area contributed by atoms with Gasteiger partial charge in [-0.3, -0.25) is 34.3 Å². The summed E-state index contributed by atoms with van der Waals surface area (Å²) in [5, 5.41) is 12.2. The SMILES string of the molecule is Cc1cc(N2CCC(CN3CCC(N4CCN(c5nccc(COc6ccc(C(C)(C)c7cc(Cl)cc(C#N)c7)cc6)n5)CC4)C3)C2)ccc1C(=O)N(C=O)C1CCC(=O)NC1=O. The fourth-order valence-corrected chi connectivity index (χ4v) is 9.74. The maximum absolute atomic E-state index is 13.4. The Morgan fingerprint density at radius 2 is 1.75 bits per heavy atom. The molecule has 328 valence electrons. The number of hydrogen-bond acceptors (Lipinski definition) is 12. The number of piperidine rings is 1. The normalized spacial score (nSPS) is 21.0. The number of halogens is 1. The Morgan fingerprint density at radius 1 is 0.952 bits per heavy atom. The van der Waals surface area contributed by atoms with Gasteiger partial charge in [0.15, 0.2) is 0 Å². The monoisotopic (exact) mass is 871 g/mol. The van der Waals surface area contributed by atoms with Crippen molar-refractivity contribution in [2.75, 3.05) is 68.7 Å². The average Bonchev–Trinajstić information content (AvgIpc) is 3.97. The van der Waals surface area contributed by atoms with Crippen LogP contribution in [-0.4, -0.2) is 120 Å². The van der Waals surface area contributed by atoms with Crippen molar-refractivity contribution < 1.29 is 23.9 Å². The van der Waals surface area contributed by atoms with Gasteiger partial charge in [-0.05, 0) is 110 Å². The molecule has 0 bridgehead atoms. The van der Waals surface area contributed by atoms with Crippen LogP contribution < -0.4 is 19.9 Å². The quantitative estimate of drug-likeness (QED) is 0.136. The van der Waals surface area contributed by atoms with E-state index in [0.717, 1.165) is 116 Å². The Balaban J connectivity index is 0.777. The Hall–Kier alpha value is -5.88. The van der Waals surface area contributed by atoms with E-state index in [0.29, 0.717) is 41.1 Å². The van der Waals surface area contributed by atoms with E-state index in [2.05, 4.69) is 61.9 Å². The van der Waals surface area contributed by atoms with Gasteiger partial charge in [0.05, 0.1) is 17.3 Å². The number of piperazine rings is 1. The minimum atomic E-state index is -0.994. The molecule has 0 saturated carbocycles. The van der Waals surface area contributed by atoms with Crippen molar-refractivity contribution in [3.63, 3.8) is 0 Å². The predicted octanol–water partition coefficient (Wildman–Crippen LogP) is 5.34. The van der Waals surface area contributed by atoms with Gasteiger partial charge < -0.3 is 19.4 Å². The second-order valence-corrected chi connectivity index (χ2v) is 18.2. The molecule has 3 unspecified atom stereocenters. The highest BCUT2D eigenvalue weighted by molar-refractivity contribution is 6.30. The number of carbonyl (C=O) groups is 4. The summed E-state index contributed by atoms with van der Waals surface area (Å²) in [7, 11) is 0. The first-order chi connectivity index (χ1) is 30.4. The summed E-state index contributed by atoms with van der Waals surface area (Å²) in [6, 6.07) is 22.8. The molecule has 3 atom stereocenters. The Bertz CT molecular complexity index is 2400. The maximum Gasteiger partial charge on any atom is 0.261 e. The van der Waals surface area contributed by atoms with Crippen molar-refractivity contribution in [1.82, 2.24) is 30.0 Å². The second kappa shape index (κ2) is 18.8. The number of likely N-dealkylation sites (tertiary alicyclic amines) is 1. The molecule has 1 N–H and O–H groups in total. The smallest absolute Gasteiger partial charge is 0.261 e. The van der Waals surface area contributed by atoms with Gasteiger partial charge in [-0.15, -0.1) is 0 Å². The highest BCUT2D eigenvalue weighted by atomic mass is 35.5. The minimum absolute atomic E-state index is 0.0838. The van der Waals surface area contributed by atoms with Gasteiger partial charge in [0.2, 0.25) is 24.2 Å². The molecule has 0 radical (unpaired) electrons. The van der Waals surface area contributed by atoms with Crippen LogP contribution in [0.1, 0.15) is 77.8 Å². The summed E-state index contributed by atoms with van der Waals surface area (Å²) in [6.45, 7) is 15.2. The number of carbonyl (C=O) groups excluding carboxylic acids is 4. The van der Waals surface area contributed by atoms with E-state index in [1.165, 1.54) is 0 Å². The summed E-state index contributed by atoms with van der Waals surface area (Å²) in [5.41, 5.74) is 5.23. The molecule has 4 saturated heterocycles. The van der Waals surface area contributed by atoms with Crippen molar-refractivity contribution in [1.29, 1.82) is 5.26 Å². The Kier molecular flexibility index (Phi) is 13.1. The van der Waals surface area contributed by atoms with Crippen molar-refractivity contribution >= 4 is 47.4 Å². The highest BCUT2D eigenvalue weighted by Crippen LogP contribution is 2.35. The molecule has 14 nitrogen and oxygen atoms in total. The number of ether oxygens (including phenoxy) is 1. The van der Waals surface area contributed by atoms with E-state index < -0.39 is 23.8 Å². The molecule has 5 heterocycles. The van der Waals surface area contributed by atoms with Gasteiger partial charge in [-0.1, -0.05) is 37.6 Å². The third-order valence-electron chi connectivity index (χ3n) is 13.3. The molecule has 4 amide bonds. The lowest BCUT2D eigenvalue weighted by Crippen LogP contribution is -2.53. The van der Waals surface area contributed by atoms with Crippen molar-refractivity contribution in [3.8, 4) is 11.8 Å². The third-order valence-corrected chi connectivity index (χ3v) is 13.5. The van der Waals surface area contributed by atoms with Crippen LogP contribution in [0.15, 0.2) is 72.9 Å². The molecule has 3 aromatic carbocycles. The number of benzene rings is 3. The van der Waals surface area contributed by atoms with Gasteiger partial charge in [0, 0.05) is 92.7 Å². The van der Waals surface area contributed by atoms with Crippen molar-refractivity contribution in [3.05, 3.63) is 111 Å². The standard InChI is InChI=1S/C48H54ClN9O5/c1-32-22-39(6-9-42(32)46(62)58(31-59)43-10-11-44(60)53-45(43)61)57-17-13-33(28-57)27-54-16-14-40(29-54)55-18-20-56(21-19-55)47-51-15-12-38(52-47)30-63-41-7-4-35(5-8-41)48(2,3)36-23-34(26-50)24-37(49)25-36/h4-9,12,15,22-25,31,33,40,43H,10-11,13-14,16-21,27-30H2,1-3H3,(H,53,60,61). The molecule has 4 aliphatic rings. The molecule has 4 fully saturated rings. The van der Waals surface area contributed by atoms with Crippen LogP contribution in [0.2, 0.25) is 5.02 Å². The lowest BCUT2D eigenvalue weighted by atomic mass is 9.78. The van der Waals surface area contributed by atoms with Crippen LogP contribution in [0.5, 0.6) is 5.75 Å². The lowest BCUT2D eigenvalue weighted by Gasteiger charge is -2.38. The fraction of sp³-hybridized carbons (Fsp3) is 0.438. The zero-order chi connectivity index (χ0) is 44.3. The summed E-state index contributed by atoms with van der Waals surface area (Å²) >= 11 is 6.31. The van der Waals surface area contributed by atoms with E-state index >= 15 is 0 Å². The summed E-state index contributed by atoms with van der Waals surface area (Å²) < 4.78 is 6.16. The van der Waals surface area contributed by atoms with Crippen LogP contribution in [-0.2, 0) is 26.4 Å². The van der Waals surface area contributed by atoms with Gasteiger partial charge >= 0.3 is 0 Å². The fourth-order valence-electron chi connectivity index (χ4n) is 9.50. The molecule has 4 aliphatic heterocycles. The summed E-state index contributed by atoms with van der Waals surface area (Å²) in [4.78, 5) is 69.5. The number of nitrogens with one attached hydrogen (secondary N) is 1. The number of nitriles is 1. The van der Waals surface area contributed by atoms with Crippen LogP contribution in [0, 0.1) is 24.2 Å². The first-order valence-electron chi connectivity index (χ1n) is 21.8. The maximum atomic E-state index is 13.4. The van der Waals surface area contributed by atoms with Crippen LogP contribution in [0.4, 0.5) is 11.6 Å². The number of anilines is 2. The zero-order valence-corrected chi connectivity index (χ0v) is 36.9. The van der Waals surface area contributed by atoms with Gasteiger partial charge in [0.25, 0.3) is 5.91 Å². The molecular weight excluding hydrogens is 818 g/mol. The first kappa shape index (κ1) is 43.8. The number of aromatic nitrogens is 2. The Morgan fingerprint density at radius 3 is 2.48 bits per heavy atom. The molecule has 0 spiro atoms.